The maximum atomic E-state index is 13.0. The normalized spacial score (nSPS) is 11.3. The van der Waals surface area contributed by atoms with Gasteiger partial charge >= 0.3 is 0 Å². The number of imidazole rings is 1. The predicted molar refractivity (Wildman–Crippen MR) is 85.6 cm³/mol. The highest BCUT2D eigenvalue weighted by atomic mass is 32.1. The Morgan fingerprint density at radius 1 is 1.36 bits per heavy atom. The van der Waals surface area contributed by atoms with Crippen LogP contribution in [0.2, 0.25) is 0 Å². The summed E-state index contributed by atoms with van der Waals surface area (Å²) in [6.45, 7) is 4.73. The zero-order valence-electron chi connectivity index (χ0n) is 12.3. The molecule has 0 aliphatic carbocycles. The number of benzene rings is 1. The van der Waals surface area contributed by atoms with Gasteiger partial charge in [-0.25, -0.2) is 9.37 Å². The van der Waals surface area contributed by atoms with Crippen LogP contribution in [0.1, 0.15) is 24.3 Å². The fourth-order valence-electron chi connectivity index (χ4n) is 2.09. The van der Waals surface area contributed by atoms with E-state index in [-0.39, 0.29) is 11.7 Å². The van der Waals surface area contributed by atoms with Crippen molar-refractivity contribution in [3.05, 3.63) is 47.4 Å². The zero-order chi connectivity index (χ0) is 15.7. The number of hydrogen-bond acceptors (Lipinski definition) is 3. The van der Waals surface area contributed by atoms with Crippen LogP contribution in [0.25, 0.3) is 16.2 Å². The third kappa shape index (κ3) is 2.87. The number of nitrogens with one attached hydrogen (secondary N) is 1. The van der Waals surface area contributed by atoms with Crippen molar-refractivity contribution in [3.8, 4) is 11.3 Å². The van der Waals surface area contributed by atoms with E-state index < -0.39 is 0 Å². The first kappa shape index (κ1) is 14.7. The Hall–Kier alpha value is -2.21. The van der Waals surface area contributed by atoms with Crippen LogP contribution in [0.4, 0.5) is 4.39 Å². The van der Waals surface area contributed by atoms with Gasteiger partial charge in [0.1, 0.15) is 11.5 Å². The molecule has 0 aliphatic heterocycles. The summed E-state index contributed by atoms with van der Waals surface area (Å²) < 4.78 is 14.8. The van der Waals surface area contributed by atoms with Crippen LogP contribution in [0.15, 0.2) is 35.8 Å². The van der Waals surface area contributed by atoms with Crippen molar-refractivity contribution in [2.24, 2.45) is 5.92 Å². The largest absolute Gasteiger partial charge is 0.350 e. The number of nitrogens with zero attached hydrogens (tertiary/aromatic N) is 2. The number of thiazole rings is 1. The van der Waals surface area contributed by atoms with Gasteiger partial charge in [-0.1, -0.05) is 13.8 Å². The summed E-state index contributed by atoms with van der Waals surface area (Å²) in [5.41, 5.74) is 2.12. The molecule has 3 aromatic rings. The number of amides is 1. The number of hydrogen-bond donors (Lipinski definition) is 1. The lowest BCUT2D eigenvalue weighted by atomic mass is 10.2. The highest BCUT2D eigenvalue weighted by molar-refractivity contribution is 7.15. The predicted octanol–water partition coefficient (Wildman–Crippen LogP) is 3.59. The second kappa shape index (κ2) is 5.88. The fraction of sp³-hybridized carbons (Fsp3) is 0.250. The van der Waals surface area contributed by atoms with Crippen molar-refractivity contribution < 1.29 is 9.18 Å². The van der Waals surface area contributed by atoms with Gasteiger partial charge in [-0.3, -0.25) is 9.20 Å². The average molecular weight is 317 g/mol. The van der Waals surface area contributed by atoms with Crippen LogP contribution in [-0.4, -0.2) is 21.8 Å². The summed E-state index contributed by atoms with van der Waals surface area (Å²) in [6.07, 6.45) is 1.81. The Morgan fingerprint density at radius 2 is 2.09 bits per heavy atom. The van der Waals surface area contributed by atoms with E-state index in [1.807, 2.05) is 20.0 Å². The van der Waals surface area contributed by atoms with Crippen LogP contribution in [-0.2, 0) is 0 Å². The fourth-order valence-corrected chi connectivity index (χ4v) is 2.95. The maximum Gasteiger partial charge on any atom is 0.269 e. The van der Waals surface area contributed by atoms with E-state index in [9.17, 15) is 9.18 Å². The molecule has 0 radical (unpaired) electrons. The minimum atomic E-state index is -0.279. The van der Waals surface area contributed by atoms with E-state index in [0.717, 1.165) is 16.2 Å². The van der Waals surface area contributed by atoms with E-state index in [0.29, 0.717) is 18.2 Å². The standard InChI is InChI=1S/C16H16FN3OS/c1-10(2)7-18-15(21)14-9-22-16-19-13(8-20(14)16)11-3-5-12(17)6-4-11/h3-6,8-10H,7H2,1-2H3,(H,18,21). The lowest BCUT2D eigenvalue weighted by Gasteiger charge is -2.06. The van der Waals surface area contributed by atoms with Gasteiger partial charge in [0.2, 0.25) is 0 Å². The summed E-state index contributed by atoms with van der Waals surface area (Å²) in [6, 6.07) is 6.17. The van der Waals surface area contributed by atoms with Crippen molar-refractivity contribution in [2.45, 2.75) is 13.8 Å². The Kier molecular flexibility index (Phi) is 3.94. The molecule has 2 heterocycles. The summed E-state index contributed by atoms with van der Waals surface area (Å²) in [4.78, 5) is 17.4. The number of fused-ring (bicyclic) bond motifs is 1. The van der Waals surface area contributed by atoms with Crippen LogP contribution in [0.3, 0.4) is 0 Å². The molecular weight excluding hydrogens is 301 g/mol. The van der Waals surface area contributed by atoms with Crippen molar-refractivity contribution in [1.82, 2.24) is 14.7 Å². The van der Waals surface area contributed by atoms with Gasteiger partial charge in [-0.15, -0.1) is 11.3 Å². The molecule has 2 aromatic heterocycles. The molecule has 1 amide bonds. The second-order valence-electron chi connectivity index (χ2n) is 5.51. The maximum absolute atomic E-state index is 13.0. The molecule has 0 saturated carbocycles. The van der Waals surface area contributed by atoms with Gasteiger partial charge in [0, 0.05) is 23.7 Å². The highest BCUT2D eigenvalue weighted by Crippen LogP contribution is 2.23. The van der Waals surface area contributed by atoms with Crippen molar-refractivity contribution in [1.29, 1.82) is 0 Å². The van der Waals surface area contributed by atoms with Crippen LogP contribution in [0.5, 0.6) is 0 Å². The van der Waals surface area contributed by atoms with Crippen LogP contribution in [0, 0.1) is 11.7 Å². The molecule has 22 heavy (non-hydrogen) atoms. The van der Waals surface area contributed by atoms with Crippen LogP contribution < -0.4 is 5.32 Å². The Morgan fingerprint density at radius 3 is 2.77 bits per heavy atom. The highest BCUT2D eigenvalue weighted by Gasteiger charge is 2.15. The smallest absolute Gasteiger partial charge is 0.269 e. The summed E-state index contributed by atoms with van der Waals surface area (Å²) in [5.74, 6) is 0.0113. The van der Waals surface area contributed by atoms with Gasteiger partial charge in [0.15, 0.2) is 4.96 Å². The van der Waals surface area contributed by atoms with Gasteiger partial charge < -0.3 is 5.32 Å². The van der Waals surface area contributed by atoms with E-state index in [4.69, 9.17) is 0 Å². The molecule has 0 atom stereocenters. The van der Waals surface area contributed by atoms with Gasteiger partial charge in [-0.2, -0.15) is 0 Å². The number of carbonyl (C=O) groups is 1. The summed E-state index contributed by atoms with van der Waals surface area (Å²) >= 11 is 1.41. The molecule has 0 unspecified atom stereocenters. The number of aromatic nitrogens is 2. The Bertz CT molecular complexity index is 805. The van der Waals surface area contributed by atoms with E-state index in [1.54, 1.807) is 21.9 Å². The zero-order valence-corrected chi connectivity index (χ0v) is 13.2. The molecule has 1 aromatic carbocycles. The first-order valence-corrected chi connectivity index (χ1v) is 7.93. The van der Waals surface area contributed by atoms with Crippen molar-refractivity contribution >= 4 is 22.2 Å². The lowest BCUT2D eigenvalue weighted by Crippen LogP contribution is -2.28. The third-order valence-corrected chi connectivity index (χ3v) is 4.09. The molecule has 0 saturated heterocycles. The molecule has 0 fully saturated rings. The van der Waals surface area contributed by atoms with Gasteiger partial charge in [-0.05, 0) is 30.2 Å². The number of rotatable bonds is 4. The van der Waals surface area contributed by atoms with Crippen LogP contribution >= 0.6 is 11.3 Å². The molecule has 0 spiro atoms. The molecule has 6 heteroatoms. The molecule has 4 nitrogen and oxygen atoms in total. The molecule has 1 N–H and O–H groups in total. The SMILES string of the molecule is CC(C)CNC(=O)c1csc2nc(-c3ccc(F)cc3)cn12. The Labute approximate surface area is 131 Å². The van der Waals surface area contributed by atoms with E-state index in [2.05, 4.69) is 10.3 Å². The third-order valence-electron chi connectivity index (χ3n) is 3.25. The lowest BCUT2D eigenvalue weighted by molar-refractivity contribution is 0.0943. The molecule has 114 valence electrons. The summed E-state index contributed by atoms with van der Waals surface area (Å²) in [7, 11) is 0. The van der Waals surface area contributed by atoms with Gasteiger partial charge in [0.25, 0.3) is 5.91 Å². The second-order valence-corrected chi connectivity index (χ2v) is 6.35. The number of carbonyl (C=O) groups excluding carboxylic acids is 1. The summed E-state index contributed by atoms with van der Waals surface area (Å²) in [5, 5.41) is 4.70. The van der Waals surface area contributed by atoms with Gasteiger partial charge in [0.05, 0.1) is 5.69 Å². The molecule has 3 rings (SSSR count). The minimum Gasteiger partial charge on any atom is -0.350 e. The molecular formula is C16H16FN3OS. The Balaban J connectivity index is 1.91. The van der Waals surface area contributed by atoms with E-state index >= 15 is 0 Å². The average Bonchev–Trinajstić information content (AvgIpc) is 3.05. The van der Waals surface area contributed by atoms with E-state index in [1.165, 1.54) is 23.5 Å². The monoisotopic (exact) mass is 317 g/mol. The molecule has 0 aliphatic rings. The first-order chi connectivity index (χ1) is 10.5. The van der Waals surface area contributed by atoms with Crippen molar-refractivity contribution in [2.75, 3.05) is 6.54 Å². The first-order valence-electron chi connectivity index (χ1n) is 7.05. The molecule has 0 bridgehead atoms. The van der Waals surface area contributed by atoms with Crippen molar-refractivity contribution in [3.63, 3.8) is 0 Å². The quantitative estimate of drug-likeness (QED) is 0.799. The number of halogens is 1. The topological polar surface area (TPSA) is 46.4 Å². The minimum absolute atomic E-state index is 0.108.